The van der Waals surface area contributed by atoms with E-state index in [1.165, 1.54) is 0 Å². The Balaban J connectivity index is 1.72. The van der Waals surface area contributed by atoms with Gasteiger partial charge in [-0.05, 0) is 39.5 Å². The van der Waals surface area contributed by atoms with Crippen molar-refractivity contribution in [2.24, 2.45) is 11.3 Å². The van der Waals surface area contributed by atoms with Crippen LogP contribution in [-0.4, -0.2) is 40.8 Å². The summed E-state index contributed by atoms with van der Waals surface area (Å²) in [5, 5.41) is 8.69. The Bertz CT molecular complexity index is 358. The Hall–Kier alpha value is -1.26. The molecule has 0 aromatic carbocycles. The van der Waals surface area contributed by atoms with Gasteiger partial charge >= 0.3 is 12.1 Å². The molecule has 1 saturated carbocycles. The van der Waals surface area contributed by atoms with Gasteiger partial charge in [0.25, 0.3) is 0 Å². The lowest BCUT2D eigenvalue weighted by molar-refractivity contribution is -0.144. The second kappa shape index (κ2) is 4.14. The summed E-state index contributed by atoms with van der Waals surface area (Å²) in [7, 11) is 0. The van der Waals surface area contributed by atoms with Gasteiger partial charge in [0.2, 0.25) is 0 Å². The van der Waals surface area contributed by atoms with Crippen molar-refractivity contribution in [1.82, 2.24) is 4.90 Å². The number of carbonyl (C=O) groups excluding carboxylic acids is 1. The normalized spacial score (nSPS) is 22.3. The molecule has 0 unspecified atom stereocenters. The SMILES string of the molecule is CC(C)(C)OC(=O)N1CC2(CC(CC(=O)O)C2)C1. The zero-order valence-corrected chi connectivity index (χ0v) is 11.2. The third-order valence-corrected chi connectivity index (χ3v) is 3.61. The molecule has 0 aromatic rings. The second-order valence-corrected chi connectivity index (χ2v) is 6.71. The number of aliphatic carboxylic acids is 1. The van der Waals surface area contributed by atoms with Gasteiger partial charge in [-0.3, -0.25) is 4.79 Å². The zero-order chi connectivity index (χ0) is 13.6. The number of carbonyl (C=O) groups is 2. The molecule has 2 rings (SSSR count). The highest BCUT2D eigenvalue weighted by atomic mass is 16.6. The topological polar surface area (TPSA) is 66.8 Å². The van der Waals surface area contributed by atoms with Crippen molar-refractivity contribution in [3.8, 4) is 0 Å². The number of carboxylic acid groups (broad SMARTS) is 1. The quantitative estimate of drug-likeness (QED) is 0.820. The van der Waals surface area contributed by atoms with Gasteiger partial charge in [0, 0.05) is 24.9 Å². The lowest BCUT2D eigenvalue weighted by Gasteiger charge is -2.58. The van der Waals surface area contributed by atoms with Gasteiger partial charge in [0.05, 0.1) is 0 Å². The molecule has 2 aliphatic rings. The van der Waals surface area contributed by atoms with E-state index in [1.54, 1.807) is 4.90 Å². The third-order valence-electron chi connectivity index (χ3n) is 3.61. The standard InChI is InChI=1S/C13H21NO4/c1-12(2,3)18-11(17)14-7-13(8-14)5-9(6-13)4-10(15)16/h9H,4-8H2,1-3H3,(H,15,16). The van der Waals surface area contributed by atoms with Crippen LogP contribution in [0.2, 0.25) is 0 Å². The minimum absolute atomic E-state index is 0.191. The molecule has 18 heavy (non-hydrogen) atoms. The van der Waals surface area contributed by atoms with Crippen LogP contribution >= 0.6 is 0 Å². The molecule has 0 bridgehead atoms. The molecule has 1 saturated heterocycles. The number of hydrogen-bond acceptors (Lipinski definition) is 3. The molecular weight excluding hydrogens is 234 g/mol. The minimum Gasteiger partial charge on any atom is -0.481 e. The van der Waals surface area contributed by atoms with Crippen LogP contribution in [0.5, 0.6) is 0 Å². The van der Waals surface area contributed by atoms with Crippen LogP contribution in [0.1, 0.15) is 40.0 Å². The fourth-order valence-corrected chi connectivity index (χ4v) is 3.03. The van der Waals surface area contributed by atoms with E-state index in [0.29, 0.717) is 5.92 Å². The maximum atomic E-state index is 11.7. The molecule has 102 valence electrons. The van der Waals surface area contributed by atoms with Crippen LogP contribution in [0.15, 0.2) is 0 Å². The van der Waals surface area contributed by atoms with Crippen molar-refractivity contribution in [1.29, 1.82) is 0 Å². The zero-order valence-electron chi connectivity index (χ0n) is 11.2. The van der Waals surface area contributed by atoms with E-state index in [0.717, 1.165) is 25.9 Å². The van der Waals surface area contributed by atoms with Crippen molar-refractivity contribution in [3.05, 3.63) is 0 Å². The molecule has 1 N–H and O–H groups in total. The molecule has 1 aliphatic carbocycles. The van der Waals surface area contributed by atoms with E-state index in [9.17, 15) is 9.59 Å². The summed E-state index contributed by atoms with van der Waals surface area (Å²) in [5.74, 6) is -0.429. The number of amides is 1. The van der Waals surface area contributed by atoms with Gasteiger partial charge in [-0.2, -0.15) is 0 Å². The lowest BCUT2D eigenvalue weighted by Crippen LogP contribution is -2.64. The van der Waals surface area contributed by atoms with E-state index < -0.39 is 11.6 Å². The number of rotatable bonds is 2. The maximum Gasteiger partial charge on any atom is 0.410 e. The van der Waals surface area contributed by atoms with Crippen molar-refractivity contribution in [2.45, 2.75) is 45.6 Å². The molecule has 1 heterocycles. The Morgan fingerprint density at radius 1 is 1.33 bits per heavy atom. The van der Waals surface area contributed by atoms with Crippen LogP contribution in [0.3, 0.4) is 0 Å². The summed E-state index contributed by atoms with van der Waals surface area (Å²) in [6.45, 7) is 7.00. The largest absolute Gasteiger partial charge is 0.481 e. The molecule has 1 amide bonds. The first-order chi connectivity index (χ1) is 8.19. The Kier molecular flexibility index (Phi) is 3.03. The fourth-order valence-electron chi connectivity index (χ4n) is 3.03. The van der Waals surface area contributed by atoms with Crippen LogP contribution in [0, 0.1) is 11.3 Å². The number of hydrogen-bond donors (Lipinski definition) is 1. The molecule has 5 nitrogen and oxygen atoms in total. The van der Waals surface area contributed by atoms with Crippen LogP contribution in [0.25, 0.3) is 0 Å². The first-order valence-corrected chi connectivity index (χ1v) is 6.39. The Morgan fingerprint density at radius 3 is 2.33 bits per heavy atom. The van der Waals surface area contributed by atoms with E-state index in [-0.39, 0.29) is 17.9 Å². The molecule has 0 atom stereocenters. The van der Waals surface area contributed by atoms with Crippen LogP contribution < -0.4 is 0 Å². The van der Waals surface area contributed by atoms with Crippen molar-refractivity contribution < 1.29 is 19.4 Å². The first-order valence-electron chi connectivity index (χ1n) is 6.39. The molecule has 2 fully saturated rings. The summed E-state index contributed by atoms with van der Waals surface area (Å²) in [4.78, 5) is 24.0. The fraction of sp³-hybridized carbons (Fsp3) is 0.846. The number of ether oxygens (including phenoxy) is 1. The van der Waals surface area contributed by atoms with Crippen LogP contribution in [0.4, 0.5) is 4.79 Å². The number of likely N-dealkylation sites (tertiary alicyclic amines) is 1. The molecule has 0 radical (unpaired) electrons. The first kappa shape index (κ1) is 13.2. The average molecular weight is 255 g/mol. The van der Waals surface area contributed by atoms with Crippen molar-refractivity contribution in [3.63, 3.8) is 0 Å². The molecule has 5 heteroatoms. The van der Waals surface area contributed by atoms with Crippen molar-refractivity contribution >= 4 is 12.1 Å². The van der Waals surface area contributed by atoms with Gasteiger partial charge in [0.1, 0.15) is 5.60 Å². The highest BCUT2D eigenvalue weighted by Gasteiger charge is 2.54. The summed E-state index contributed by atoms with van der Waals surface area (Å²) in [6, 6.07) is 0. The number of carboxylic acids is 1. The predicted molar refractivity (Wildman–Crippen MR) is 65.2 cm³/mol. The smallest absolute Gasteiger partial charge is 0.410 e. The third kappa shape index (κ3) is 2.76. The Labute approximate surface area is 107 Å². The van der Waals surface area contributed by atoms with E-state index in [4.69, 9.17) is 9.84 Å². The number of nitrogens with zero attached hydrogens (tertiary/aromatic N) is 1. The minimum atomic E-state index is -0.724. The van der Waals surface area contributed by atoms with E-state index in [1.807, 2.05) is 20.8 Å². The summed E-state index contributed by atoms with van der Waals surface area (Å²) in [6.07, 6.45) is 1.86. The van der Waals surface area contributed by atoms with E-state index >= 15 is 0 Å². The van der Waals surface area contributed by atoms with Crippen molar-refractivity contribution in [2.75, 3.05) is 13.1 Å². The highest BCUT2D eigenvalue weighted by Crippen LogP contribution is 2.53. The van der Waals surface area contributed by atoms with Gasteiger partial charge in [-0.25, -0.2) is 4.79 Å². The molecule has 1 aliphatic heterocycles. The monoisotopic (exact) mass is 255 g/mol. The molecule has 1 spiro atoms. The predicted octanol–water partition coefficient (Wildman–Crippen LogP) is 2.11. The molecular formula is C13H21NO4. The average Bonchev–Trinajstić information content (AvgIpc) is 2.02. The van der Waals surface area contributed by atoms with Gasteiger partial charge in [-0.15, -0.1) is 0 Å². The summed E-state index contributed by atoms with van der Waals surface area (Å²) >= 11 is 0. The lowest BCUT2D eigenvalue weighted by atomic mass is 9.57. The summed E-state index contributed by atoms with van der Waals surface area (Å²) in [5.41, 5.74) is -0.262. The Morgan fingerprint density at radius 2 is 1.89 bits per heavy atom. The molecule has 0 aromatic heterocycles. The van der Waals surface area contributed by atoms with Gasteiger partial charge < -0.3 is 14.7 Å². The highest BCUT2D eigenvalue weighted by molar-refractivity contribution is 5.70. The van der Waals surface area contributed by atoms with Gasteiger partial charge in [0.15, 0.2) is 0 Å². The second-order valence-electron chi connectivity index (χ2n) is 6.71. The van der Waals surface area contributed by atoms with Gasteiger partial charge in [-0.1, -0.05) is 0 Å². The van der Waals surface area contributed by atoms with E-state index in [2.05, 4.69) is 0 Å². The maximum absolute atomic E-state index is 11.7. The summed E-state index contributed by atoms with van der Waals surface area (Å²) < 4.78 is 5.29. The van der Waals surface area contributed by atoms with Crippen LogP contribution in [-0.2, 0) is 9.53 Å².